The molecule has 3 heteroatoms. The van der Waals surface area contributed by atoms with E-state index in [1.807, 2.05) is 72.5 Å². The molecule has 0 spiro atoms. The smallest absolute Gasteiger partial charge is 0.197 e. The van der Waals surface area contributed by atoms with Gasteiger partial charge in [0, 0.05) is 41.2 Å². The van der Waals surface area contributed by atoms with Gasteiger partial charge in [-0.2, -0.15) is 0 Å². The van der Waals surface area contributed by atoms with Crippen molar-refractivity contribution in [3.8, 4) is 22.3 Å². The molecule has 0 saturated carbocycles. The quantitative estimate of drug-likeness (QED) is 0.688. The Morgan fingerprint density at radius 1 is 0.810 bits per heavy atom. The Kier molecular flexibility index (Phi) is 3.63. The van der Waals surface area contributed by atoms with E-state index in [-0.39, 0.29) is 5.43 Å². The molecule has 0 aliphatic carbocycles. The van der Waals surface area contributed by atoms with Gasteiger partial charge < -0.3 is 4.57 Å². The van der Waals surface area contributed by atoms with Crippen LogP contribution in [0.25, 0.3) is 22.3 Å². The van der Waals surface area contributed by atoms with E-state index in [0.717, 1.165) is 11.1 Å². The third kappa shape index (κ3) is 2.63. The van der Waals surface area contributed by atoms with Gasteiger partial charge in [-0.15, -0.1) is 0 Å². The Hall–Kier alpha value is -2.32. The Morgan fingerprint density at radius 3 is 2.14 bits per heavy atom. The molecular weight excluding hydrogens is 282 g/mol. The van der Waals surface area contributed by atoms with Gasteiger partial charge in [0.2, 0.25) is 0 Å². The van der Waals surface area contributed by atoms with Crippen LogP contribution in [0.4, 0.5) is 0 Å². The van der Waals surface area contributed by atoms with E-state index in [1.54, 1.807) is 6.07 Å². The van der Waals surface area contributed by atoms with E-state index >= 15 is 0 Å². The van der Waals surface area contributed by atoms with Gasteiger partial charge in [-0.25, -0.2) is 0 Å². The number of pyridine rings is 1. The summed E-state index contributed by atoms with van der Waals surface area (Å²) in [5.41, 5.74) is 2.96. The molecule has 3 rings (SSSR count). The van der Waals surface area contributed by atoms with E-state index in [1.165, 1.54) is 0 Å². The van der Waals surface area contributed by atoms with Crippen molar-refractivity contribution in [2.24, 2.45) is 7.05 Å². The SMILES string of the molecule is Cn1cc(-c2ccccc2)c(=O)c(-c2ccccc2Cl)c1. The molecule has 1 heterocycles. The normalized spacial score (nSPS) is 10.6. The molecule has 2 aromatic carbocycles. The molecule has 1 aromatic heterocycles. The third-order valence-corrected chi connectivity index (χ3v) is 3.73. The first-order chi connectivity index (χ1) is 10.2. The second-order valence-electron chi connectivity index (χ2n) is 4.93. The maximum Gasteiger partial charge on any atom is 0.197 e. The van der Waals surface area contributed by atoms with E-state index in [0.29, 0.717) is 16.1 Å². The molecule has 0 unspecified atom stereocenters. The molecule has 0 saturated heterocycles. The van der Waals surface area contributed by atoms with Gasteiger partial charge in [0.1, 0.15) is 0 Å². The highest BCUT2D eigenvalue weighted by Crippen LogP contribution is 2.26. The van der Waals surface area contributed by atoms with Crippen molar-refractivity contribution < 1.29 is 0 Å². The first kappa shape index (κ1) is 13.7. The second-order valence-corrected chi connectivity index (χ2v) is 5.33. The lowest BCUT2D eigenvalue weighted by Gasteiger charge is -2.10. The fourth-order valence-electron chi connectivity index (χ4n) is 2.40. The van der Waals surface area contributed by atoms with E-state index in [9.17, 15) is 4.79 Å². The number of hydrogen-bond acceptors (Lipinski definition) is 1. The van der Waals surface area contributed by atoms with Gasteiger partial charge >= 0.3 is 0 Å². The second kappa shape index (κ2) is 5.58. The number of aromatic nitrogens is 1. The van der Waals surface area contributed by atoms with Crippen molar-refractivity contribution in [3.05, 3.63) is 82.2 Å². The van der Waals surface area contributed by atoms with Gasteiger partial charge in [0.25, 0.3) is 0 Å². The molecule has 2 nitrogen and oxygen atoms in total. The van der Waals surface area contributed by atoms with Crippen molar-refractivity contribution >= 4 is 11.6 Å². The topological polar surface area (TPSA) is 22.0 Å². The molecule has 0 amide bonds. The zero-order valence-electron chi connectivity index (χ0n) is 11.6. The molecule has 0 N–H and O–H groups in total. The zero-order chi connectivity index (χ0) is 14.8. The van der Waals surface area contributed by atoms with Gasteiger partial charge in [0.15, 0.2) is 5.43 Å². The molecule has 0 aliphatic rings. The van der Waals surface area contributed by atoms with Crippen molar-refractivity contribution in [2.75, 3.05) is 0 Å². The Morgan fingerprint density at radius 2 is 1.43 bits per heavy atom. The summed E-state index contributed by atoms with van der Waals surface area (Å²) in [6.07, 6.45) is 3.66. The van der Waals surface area contributed by atoms with Gasteiger partial charge in [0.05, 0.1) is 0 Å². The zero-order valence-corrected chi connectivity index (χ0v) is 12.3. The number of nitrogens with zero attached hydrogens (tertiary/aromatic N) is 1. The number of halogens is 1. The van der Waals surface area contributed by atoms with Gasteiger partial charge in [-0.05, 0) is 11.6 Å². The van der Waals surface area contributed by atoms with Crippen LogP contribution < -0.4 is 5.43 Å². The lowest BCUT2D eigenvalue weighted by Crippen LogP contribution is -2.11. The fourth-order valence-corrected chi connectivity index (χ4v) is 2.64. The Balaban J connectivity index is 2.28. The van der Waals surface area contributed by atoms with Crippen LogP contribution in [0.5, 0.6) is 0 Å². The van der Waals surface area contributed by atoms with Crippen LogP contribution in [0.15, 0.2) is 71.8 Å². The van der Waals surface area contributed by atoms with Crippen LogP contribution in [-0.4, -0.2) is 4.57 Å². The standard InChI is InChI=1S/C18H14ClNO/c1-20-11-15(13-7-3-2-4-8-13)18(21)16(12-20)14-9-5-6-10-17(14)19/h2-12H,1H3. The first-order valence-corrected chi connectivity index (χ1v) is 7.05. The first-order valence-electron chi connectivity index (χ1n) is 6.67. The molecule has 0 atom stereocenters. The minimum atomic E-state index is -0.00704. The molecule has 0 fully saturated rings. The van der Waals surface area contributed by atoms with Crippen molar-refractivity contribution in [3.63, 3.8) is 0 Å². The van der Waals surface area contributed by atoms with Crippen molar-refractivity contribution in [1.82, 2.24) is 4.57 Å². The highest BCUT2D eigenvalue weighted by Gasteiger charge is 2.12. The summed E-state index contributed by atoms with van der Waals surface area (Å²) in [7, 11) is 1.91. The van der Waals surface area contributed by atoms with Gasteiger partial charge in [-0.1, -0.05) is 60.1 Å². The monoisotopic (exact) mass is 295 g/mol. The molecular formula is C18H14ClNO. The average Bonchev–Trinajstić information content (AvgIpc) is 2.51. The van der Waals surface area contributed by atoms with Crippen LogP contribution in [0, 0.1) is 0 Å². The highest BCUT2D eigenvalue weighted by molar-refractivity contribution is 6.33. The Labute approximate surface area is 128 Å². The lowest BCUT2D eigenvalue weighted by atomic mass is 10.0. The van der Waals surface area contributed by atoms with Crippen LogP contribution >= 0.6 is 11.6 Å². The third-order valence-electron chi connectivity index (χ3n) is 3.40. The number of hydrogen-bond donors (Lipinski definition) is 0. The molecule has 21 heavy (non-hydrogen) atoms. The minimum absolute atomic E-state index is 0.00704. The Bertz CT molecular complexity index is 837. The molecule has 0 aliphatic heterocycles. The summed E-state index contributed by atoms with van der Waals surface area (Å²) in [6, 6.07) is 17.1. The minimum Gasteiger partial charge on any atom is -0.356 e. The molecule has 0 bridgehead atoms. The molecule has 104 valence electrons. The maximum absolute atomic E-state index is 12.8. The van der Waals surface area contributed by atoms with Crippen LogP contribution in [0.2, 0.25) is 5.02 Å². The molecule has 3 aromatic rings. The predicted octanol–water partition coefficient (Wildman–Crippen LogP) is 4.37. The number of benzene rings is 2. The summed E-state index contributed by atoms with van der Waals surface area (Å²) >= 11 is 6.23. The summed E-state index contributed by atoms with van der Waals surface area (Å²) in [5.74, 6) is 0. The maximum atomic E-state index is 12.8. The number of aryl methyl sites for hydroxylation is 1. The van der Waals surface area contributed by atoms with Gasteiger partial charge in [-0.3, -0.25) is 4.79 Å². The van der Waals surface area contributed by atoms with E-state index in [2.05, 4.69) is 0 Å². The largest absolute Gasteiger partial charge is 0.356 e. The lowest BCUT2D eigenvalue weighted by molar-refractivity contribution is 0.904. The van der Waals surface area contributed by atoms with Crippen LogP contribution in [0.1, 0.15) is 0 Å². The summed E-state index contributed by atoms with van der Waals surface area (Å²) in [5, 5.41) is 0.583. The van der Waals surface area contributed by atoms with Crippen LogP contribution in [0.3, 0.4) is 0 Å². The predicted molar refractivity (Wildman–Crippen MR) is 87.6 cm³/mol. The van der Waals surface area contributed by atoms with Crippen molar-refractivity contribution in [2.45, 2.75) is 0 Å². The fraction of sp³-hybridized carbons (Fsp3) is 0.0556. The average molecular weight is 296 g/mol. The summed E-state index contributed by atoms with van der Waals surface area (Å²) < 4.78 is 1.89. The molecule has 0 radical (unpaired) electrons. The van der Waals surface area contributed by atoms with E-state index < -0.39 is 0 Å². The number of rotatable bonds is 2. The van der Waals surface area contributed by atoms with Crippen LogP contribution in [-0.2, 0) is 7.05 Å². The van der Waals surface area contributed by atoms with E-state index in [4.69, 9.17) is 11.6 Å². The van der Waals surface area contributed by atoms with Crippen molar-refractivity contribution in [1.29, 1.82) is 0 Å². The summed E-state index contributed by atoms with van der Waals surface area (Å²) in [6.45, 7) is 0. The summed E-state index contributed by atoms with van der Waals surface area (Å²) in [4.78, 5) is 12.8. The highest BCUT2D eigenvalue weighted by atomic mass is 35.5.